The largest absolute Gasteiger partial charge is 0.390 e. The molecule has 0 saturated carbocycles. The Balaban J connectivity index is 1.26. The average molecular weight is 416 g/mol. The Labute approximate surface area is 175 Å². The topological polar surface area (TPSA) is 81.6 Å². The SMILES string of the molecule is O=C(NCc1cccnc1)[C@@H]1CCCN(C2CCN(c3nc(CO)cs3)CC2)C1. The summed E-state index contributed by atoms with van der Waals surface area (Å²) in [5.74, 6) is 0.236. The lowest BCUT2D eigenvalue weighted by Gasteiger charge is -2.42. The van der Waals surface area contributed by atoms with Gasteiger partial charge >= 0.3 is 0 Å². The molecule has 2 fully saturated rings. The maximum Gasteiger partial charge on any atom is 0.224 e. The summed E-state index contributed by atoms with van der Waals surface area (Å²) >= 11 is 1.61. The van der Waals surface area contributed by atoms with Crippen LogP contribution in [0.3, 0.4) is 0 Å². The van der Waals surface area contributed by atoms with E-state index in [0.29, 0.717) is 12.6 Å². The van der Waals surface area contributed by atoms with Gasteiger partial charge in [0.05, 0.1) is 18.2 Å². The molecule has 2 aliphatic heterocycles. The standard InChI is InChI=1S/C21H29N5O2S/c27-14-18-15-29-21(24-18)25-9-5-19(6-10-25)26-8-2-4-17(13-26)20(28)23-12-16-3-1-7-22-11-16/h1,3,7,11,15,17,19,27H,2,4-6,8-10,12-14H2,(H,23,28)/t17-/m1/s1. The van der Waals surface area contributed by atoms with Crippen molar-refractivity contribution in [2.75, 3.05) is 31.1 Å². The second-order valence-electron chi connectivity index (χ2n) is 7.91. The highest BCUT2D eigenvalue weighted by atomic mass is 32.1. The number of anilines is 1. The number of rotatable bonds is 6. The van der Waals surface area contributed by atoms with Crippen molar-refractivity contribution in [2.24, 2.45) is 5.92 Å². The van der Waals surface area contributed by atoms with E-state index < -0.39 is 0 Å². The molecule has 2 aromatic rings. The number of nitrogens with zero attached hydrogens (tertiary/aromatic N) is 4. The molecule has 0 bridgehead atoms. The highest BCUT2D eigenvalue weighted by Gasteiger charge is 2.32. The number of aromatic nitrogens is 2. The van der Waals surface area contributed by atoms with Crippen LogP contribution in [0.4, 0.5) is 5.13 Å². The minimum atomic E-state index is 0.00494. The number of aliphatic hydroxyl groups excluding tert-OH is 1. The molecular formula is C21H29N5O2S. The van der Waals surface area contributed by atoms with Gasteiger partial charge in [0, 0.05) is 50.0 Å². The lowest BCUT2D eigenvalue weighted by molar-refractivity contribution is -0.127. The first kappa shape index (κ1) is 20.3. The number of carbonyl (C=O) groups excluding carboxylic acids is 1. The second-order valence-corrected chi connectivity index (χ2v) is 8.75. The van der Waals surface area contributed by atoms with Crippen LogP contribution in [0.1, 0.15) is 36.9 Å². The van der Waals surface area contributed by atoms with Crippen LogP contribution in [0.25, 0.3) is 0 Å². The summed E-state index contributed by atoms with van der Waals surface area (Å²) in [7, 11) is 0. The van der Waals surface area contributed by atoms with Crippen LogP contribution in [-0.2, 0) is 17.9 Å². The zero-order valence-electron chi connectivity index (χ0n) is 16.7. The minimum absolute atomic E-state index is 0.00494. The van der Waals surface area contributed by atoms with Crippen molar-refractivity contribution in [3.8, 4) is 0 Å². The van der Waals surface area contributed by atoms with Gasteiger partial charge in [-0.25, -0.2) is 4.98 Å². The predicted molar refractivity (Wildman–Crippen MR) is 114 cm³/mol. The van der Waals surface area contributed by atoms with Gasteiger partial charge in [0.25, 0.3) is 0 Å². The number of carbonyl (C=O) groups is 1. The molecule has 4 heterocycles. The Morgan fingerprint density at radius 3 is 2.86 bits per heavy atom. The molecule has 156 valence electrons. The number of pyridine rings is 1. The fourth-order valence-corrected chi connectivity index (χ4v) is 5.20. The zero-order chi connectivity index (χ0) is 20.1. The van der Waals surface area contributed by atoms with Gasteiger partial charge in [0.15, 0.2) is 5.13 Å². The molecule has 2 aromatic heterocycles. The normalized spacial score (nSPS) is 21.3. The van der Waals surface area contributed by atoms with E-state index in [4.69, 9.17) is 0 Å². The number of nitrogens with one attached hydrogen (secondary N) is 1. The smallest absolute Gasteiger partial charge is 0.224 e. The van der Waals surface area contributed by atoms with E-state index in [9.17, 15) is 9.90 Å². The molecule has 0 aliphatic carbocycles. The first-order chi connectivity index (χ1) is 14.2. The monoisotopic (exact) mass is 415 g/mol. The van der Waals surface area contributed by atoms with E-state index in [0.717, 1.165) is 68.3 Å². The van der Waals surface area contributed by atoms with Crippen LogP contribution in [-0.4, -0.2) is 58.1 Å². The van der Waals surface area contributed by atoms with E-state index in [1.807, 2.05) is 17.5 Å². The highest BCUT2D eigenvalue weighted by Crippen LogP contribution is 2.28. The second kappa shape index (κ2) is 9.65. The number of hydrogen-bond donors (Lipinski definition) is 2. The summed E-state index contributed by atoms with van der Waals surface area (Å²) < 4.78 is 0. The third-order valence-corrected chi connectivity index (χ3v) is 6.92. The van der Waals surface area contributed by atoms with Crippen molar-refractivity contribution < 1.29 is 9.90 Å². The third-order valence-electron chi connectivity index (χ3n) is 5.97. The lowest BCUT2D eigenvalue weighted by Crippen LogP contribution is -2.50. The summed E-state index contributed by atoms with van der Waals surface area (Å²) in [6.07, 6.45) is 7.79. The summed E-state index contributed by atoms with van der Waals surface area (Å²) in [5.41, 5.74) is 1.79. The van der Waals surface area contributed by atoms with Crippen LogP contribution in [0.2, 0.25) is 0 Å². The number of likely N-dealkylation sites (tertiary alicyclic amines) is 1. The number of thiazole rings is 1. The summed E-state index contributed by atoms with van der Waals surface area (Å²) in [5, 5.41) is 15.2. The molecule has 0 radical (unpaired) electrons. The minimum Gasteiger partial charge on any atom is -0.390 e. The van der Waals surface area contributed by atoms with E-state index in [1.54, 1.807) is 23.7 Å². The molecule has 2 saturated heterocycles. The van der Waals surface area contributed by atoms with Crippen molar-refractivity contribution in [2.45, 2.75) is 44.9 Å². The van der Waals surface area contributed by atoms with E-state index in [1.165, 1.54) is 0 Å². The number of amides is 1. The van der Waals surface area contributed by atoms with Gasteiger partial charge in [-0.3, -0.25) is 14.7 Å². The number of hydrogen-bond acceptors (Lipinski definition) is 7. The maximum absolute atomic E-state index is 12.7. The lowest BCUT2D eigenvalue weighted by atomic mass is 9.93. The van der Waals surface area contributed by atoms with Gasteiger partial charge in [-0.05, 0) is 43.9 Å². The van der Waals surface area contributed by atoms with Crippen LogP contribution in [0, 0.1) is 5.92 Å². The van der Waals surface area contributed by atoms with Crippen LogP contribution in [0.15, 0.2) is 29.9 Å². The quantitative estimate of drug-likeness (QED) is 0.751. The van der Waals surface area contributed by atoms with Crippen molar-refractivity contribution in [1.82, 2.24) is 20.2 Å². The number of aliphatic hydroxyl groups is 1. The Kier molecular flexibility index (Phi) is 6.74. The molecule has 0 unspecified atom stereocenters. The van der Waals surface area contributed by atoms with Crippen LogP contribution >= 0.6 is 11.3 Å². The Morgan fingerprint density at radius 1 is 1.28 bits per heavy atom. The zero-order valence-corrected chi connectivity index (χ0v) is 17.5. The van der Waals surface area contributed by atoms with Gasteiger partial charge in [-0.2, -0.15) is 0 Å². The van der Waals surface area contributed by atoms with Crippen molar-refractivity contribution in [1.29, 1.82) is 0 Å². The number of piperidine rings is 2. The van der Waals surface area contributed by atoms with Crippen molar-refractivity contribution in [3.63, 3.8) is 0 Å². The molecule has 7 nitrogen and oxygen atoms in total. The van der Waals surface area contributed by atoms with Crippen LogP contribution < -0.4 is 10.2 Å². The molecule has 2 aliphatic rings. The van der Waals surface area contributed by atoms with E-state index in [-0.39, 0.29) is 18.4 Å². The van der Waals surface area contributed by atoms with Crippen molar-refractivity contribution >= 4 is 22.4 Å². The van der Waals surface area contributed by atoms with Gasteiger partial charge in [-0.15, -0.1) is 11.3 Å². The Morgan fingerprint density at radius 2 is 2.14 bits per heavy atom. The Hall–Kier alpha value is -2.03. The third kappa shape index (κ3) is 5.12. The van der Waals surface area contributed by atoms with Gasteiger partial charge in [-0.1, -0.05) is 6.07 Å². The molecule has 8 heteroatoms. The molecule has 4 rings (SSSR count). The molecule has 1 amide bonds. The summed E-state index contributed by atoms with van der Waals surface area (Å²) in [6.45, 7) is 4.46. The predicted octanol–water partition coefficient (Wildman–Crippen LogP) is 2.03. The molecule has 0 spiro atoms. The fourth-order valence-electron chi connectivity index (χ4n) is 4.32. The van der Waals surface area contributed by atoms with E-state index in [2.05, 4.69) is 25.1 Å². The highest BCUT2D eigenvalue weighted by molar-refractivity contribution is 7.13. The maximum atomic E-state index is 12.7. The first-order valence-electron chi connectivity index (χ1n) is 10.4. The molecule has 0 aromatic carbocycles. The van der Waals surface area contributed by atoms with Gasteiger partial charge in [0.2, 0.25) is 5.91 Å². The summed E-state index contributed by atoms with van der Waals surface area (Å²) in [4.78, 5) is 26.1. The molecule has 1 atom stereocenters. The van der Waals surface area contributed by atoms with Crippen molar-refractivity contribution in [3.05, 3.63) is 41.2 Å². The van der Waals surface area contributed by atoms with Gasteiger partial charge < -0.3 is 15.3 Å². The fraction of sp³-hybridized carbons (Fsp3) is 0.571. The first-order valence-corrected chi connectivity index (χ1v) is 11.3. The molecule has 29 heavy (non-hydrogen) atoms. The molecule has 2 N–H and O–H groups in total. The summed E-state index contributed by atoms with van der Waals surface area (Å²) in [6, 6.07) is 4.42. The molecular weight excluding hydrogens is 386 g/mol. The van der Waals surface area contributed by atoms with E-state index >= 15 is 0 Å². The van der Waals surface area contributed by atoms with Gasteiger partial charge in [0.1, 0.15) is 0 Å². The average Bonchev–Trinajstić information content (AvgIpc) is 3.28. The van der Waals surface area contributed by atoms with Crippen LogP contribution in [0.5, 0.6) is 0 Å². The Bertz CT molecular complexity index is 791.